The molecule has 0 aliphatic heterocycles. The van der Waals surface area contributed by atoms with Gasteiger partial charge in [0.1, 0.15) is 11.2 Å². The zero-order valence-electron chi connectivity index (χ0n) is 31.2. The van der Waals surface area contributed by atoms with Crippen LogP contribution in [0.25, 0.3) is 55.3 Å². The van der Waals surface area contributed by atoms with Crippen LogP contribution in [0.4, 0.5) is 17.1 Å². The second-order valence-electron chi connectivity index (χ2n) is 14.8. The number of para-hydroxylation sites is 3. The van der Waals surface area contributed by atoms with E-state index in [2.05, 4.69) is 217 Å². The number of hydrogen-bond acceptors (Lipinski definition) is 2. The van der Waals surface area contributed by atoms with E-state index in [0.717, 1.165) is 55.7 Å². The number of benzene rings is 9. The van der Waals surface area contributed by atoms with Crippen molar-refractivity contribution in [2.45, 2.75) is 5.41 Å². The largest absolute Gasteiger partial charge is 0.456 e. The van der Waals surface area contributed by atoms with E-state index in [1.165, 1.54) is 38.9 Å². The van der Waals surface area contributed by atoms with Gasteiger partial charge in [-0.25, -0.2) is 0 Å². The van der Waals surface area contributed by atoms with Crippen molar-refractivity contribution in [2.75, 3.05) is 4.90 Å². The second-order valence-corrected chi connectivity index (χ2v) is 14.8. The highest BCUT2D eigenvalue weighted by Crippen LogP contribution is 2.57. The number of anilines is 3. The van der Waals surface area contributed by atoms with Crippen LogP contribution in [0.5, 0.6) is 0 Å². The van der Waals surface area contributed by atoms with Crippen molar-refractivity contribution in [1.29, 1.82) is 0 Å². The Kier molecular flexibility index (Phi) is 7.75. The number of fused-ring (bicyclic) bond motifs is 6. The summed E-state index contributed by atoms with van der Waals surface area (Å²) in [6, 6.07) is 81.4. The fourth-order valence-electron chi connectivity index (χ4n) is 9.32. The molecule has 57 heavy (non-hydrogen) atoms. The van der Waals surface area contributed by atoms with Crippen LogP contribution >= 0.6 is 0 Å². The molecule has 0 spiro atoms. The molecule has 0 unspecified atom stereocenters. The molecular formula is C55H37NO. The SMILES string of the molecule is c1ccc(-c2ccccc2N(c2ccc3c(c2)C(c2ccccc2)(c2ccccc2)c2ccccc2-3)c2ccccc2-c2ccc3oc4ccccc4c3c2)cc1. The minimum atomic E-state index is -0.526. The predicted molar refractivity (Wildman–Crippen MR) is 237 cm³/mol. The summed E-state index contributed by atoms with van der Waals surface area (Å²) < 4.78 is 6.28. The first-order valence-corrected chi connectivity index (χ1v) is 19.6. The predicted octanol–water partition coefficient (Wildman–Crippen LogP) is 14.8. The molecule has 0 atom stereocenters. The van der Waals surface area contributed by atoms with Gasteiger partial charge in [0, 0.05) is 27.6 Å². The molecule has 2 nitrogen and oxygen atoms in total. The topological polar surface area (TPSA) is 16.4 Å². The maximum Gasteiger partial charge on any atom is 0.135 e. The summed E-state index contributed by atoms with van der Waals surface area (Å²) in [5.74, 6) is 0. The summed E-state index contributed by atoms with van der Waals surface area (Å²) in [4.78, 5) is 2.47. The highest BCUT2D eigenvalue weighted by molar-refractivity contribution is 6.07. The first-order chi connectivity index (χ1) is 28.3. The first kappa shape index (κ1) is 33.0. The zero-order chi connectivity index (χ0) is 37.8. The zero-order valence-corrected chi connectivity index (χ0v) is 31.2. The van der Waals surface area contributed by atoms with Gasteiger partial charge in [0.25, 0.3) is 0 Å². The maximum atomic E-state index is 6.28. The smallest absolute Gasteiger partial charge is 0.135 e. The van der Waals surface area contributed by atoms with E-state index in [-0.39, 0.29) is 0 Å². The molecular weight excluding hydrogens is 691 g/mol. The van der Waals surface area contributed by atoms with Gasteiger partial charge in [-0.1, -0.05) is 182 Å². The molecule has 2 heteroatoms. The summed E-state index contributed by atoms with van der Waals surface area (Å²) >= 11 is 0. The monoisotopic (exact) mass is 727 g/mol. The Balaban J connectivity index is 1.20. The van der Waals surface area contributed by atoms with Gasteiger partial charge in [-0.15, -0.1) is 0 Å². The molecule has 0 radical (unpaired) electrons. The Morgan fingerprint density at radius 2 is 0.860 bits per heavy atom. The number of hydrogen-bond donors (Lipinski definition) is 0. The van der Waals surface area contributed by atoms with E-state index in [4.69, 9.17) is 4.42 Å². The lowest BCUT2D eigenvalue weighted by Crippen LogP contribution is -2.28. The van der Waals surface area contributed by atoms with Gasteiger partial charge in [0.2, 0.25) is 0 Å². The van der Waals surface area contributed by atoms with E-state index in [9.17, 15) is 0 Å². The summed E-state index contributed by atoms with van der Waals surface area (Å²) in [5.41, 5.74) is 16.7. The Bertz CT molecular complexity index is 3030. The minimum absolute atomic E-state index is 0.526. The lowest BCUT2D eigenvalue weighted by Gasteiger charge is -2.35. The van der Waals surface area contributed by atoms with E-state index < -0.39 is 5.41 Å². The Morgan fingerprint density at radius 3 is 1.56 bits per heavy atom. The van der Waals surface area contributed by atoms with Gasteiger partial charge < -0.3 is 9.32 Å². The number of rotatable bonds is 7. The molecule has 11 rings (SSSR count). The third-order valence-electron chi connectivity index (χ3n) is 11.8. The van der Waals surface area contributed by atoms with E-state index >= 15 is 0 Å². The molecule has 1 aromatic heterocycles. The van der Waals surface area contributed by atoms with Crippen molar-refractivity contribution < 1.29 is 4.42 Å². The average Bonchev–Trinajstić information content (AvgIpc) is 3.81. The van der Waals surface area contributed by atoms with Crippen LogP contribution in [0, 0.1) is 0 Å². The molecule has 268 valence electrons. The van der Waals surface area contributed by atoms with E-state index in [0.29, 0.717) is 0 Å². The number of nitrogens with zero attached hydrogens (tertiary/aromatic N) is 1. The van der Waals surface area contributed by atoms with Crippen molar-refractivity contribution >= 4 is 39.0 Å². The molecule has 0 fully saturated rings. The third kappa shape index (κ3) is 5.18. The van der Waals surface area contributed by atoms with Gasteiger partial charge in [-0.3, -0.25) is 0 Å². The van der Waals surface area contributed by atoms with E-state index in [1.54, 1.807) is 0 Å². The molecule has 1 aliphatic rings. The normalized spacial score (nSPS) is 12.7. The Labute approximate surface area is 332 Å². The quantitative estimate of drug-likeness (QED) is 0.163. The second kappa shape index (κ2) is 13.4. The minimum Gasteiger partial charge on any atom is -0.456 e. The highest BCUT2D eigenvalue weighted by Gasteiger charge is 2.46. The van der Waals surface area contributed by atoms with Crippen LogP contribution in [-0.2, 0) is 5.41 Å². The van der Waals surface area contributed by atoms with Crippen molar-refractivity contribution in [3.63, 3.8) is 0 Å². The van der Waals surface area contributed by atoms with Gasteiger partial charge in [-0.05, 0) is 87.0 Å². The van der Waals surface area contributed by atoms with E-state index in [1.807, 2.05) is 12.1 Å². The van der Waals surface area contributed by atoms with Crippen molar-refractivity contribution in [2.24, 2.45) is 0 Å². The molecule has 10 aromatic rings. The van der Waals surface area contributed by atoms with Gasteiger partial charge >= 0.3 is 0 Å². The van der Waals surface area contributed by atoms with Crippen molar-refractivity contribution in [3.05, 3.63) is 247 Å². The van der Waals surface area contributed by atoms with Crippen LogP contribution in [0.3, 0.4) is 0 Å². The molecule has 0 saturated heterocycles. The third-order valence-corrected chi connectivity index (χ3v) is 11.8. The summed E-state index contributed by atoms with van der Waals surface area (Å²) in [5, 5.41) is 2.23. The molecule has 0 saturated carbocycles. The van der Waals surface area contributed by atoms with Crippen LogP contribution in [0.1, 0.15) is 22.3 Å². The van der Waals surface area contributed by atoms with Crippen LogP contribution < -0.4 is 4.90 Å². The Hall–Kier alpha value is -7.42. The standard InChI is InChI=1S/C55H37NO/c1-4-18-38(19-5-1)43-24-11-15-29-51(43)56(52-30-16-12-25-44(52)39-32-35-54-48(36-39)47-27-13-17-31-53(47)57-54)42-33-34-46-45-26-10-14-28-49(45)55(50(46)37-42,40-20-6-2-7-21-40)41-22-8-3-9-23-41/h1-37H. The fourth-order valence-corrected chi connectivity index (χ4v) is 9.32. The summed E-state index contributed by atoms with van der Waals surface area (Å²) in [6.07, 6.45) is 0. The molecule has 0 N–H and O–H groups in total. The molecule has 1 heterocycles. The number of furan rings is 1. The van der Waals surface area contributed by atoms with Gasteiger partial charge in [0.05, 0.1) is 16.8 Å². The van der Waals surface area contributed by atoms with Gasteiger partial charge in [-0.2, -0.15) is 0 Å². The molecule has 0 amide bonds. The van der Waals surface area contributed by atoms with Crippen molar-refractivity contribution in [3.8, 4) is 33.4 Å². The first-order valence-electron chi connectivity index (χ1n) is 19.6. The maximum absolute atomic E-state index is 6.28. The van der Waals surface area contributed by atoms with Crippen LogP contribution in [-0.4, -0.2) is 0 Å². The molecule has 0 bridgehead atoms. The van der Waals surface area contributed by atoms with Crippen LogP contribution in [0.15, 0.2) is 229 Å². The fraction of sp³-hybridized carbons (Fsp3) is 0.0182. The highest BCUT2D eigenvalue weighted by atomic mass is 16.3. The van der Waals surface area contributed by atoms with Crippen LogP contribution in [0.2, 0.25) is 0 Å². The summed E-state index contributed by atoms with van der Waals surface area (Å²) in [7, 11) is 0. The lowest BCUT2D eigenvalue weighted by atomic mass is 9.67. The average molecular weight is 728 g/mol. The van der Waals surface area contributed by atoms with Crippen molar-refractivity contribution in [1.82, 2.24) is 0 Å². The molecule has 9 aromatic carbocycles. The Morgan fingerprint density at radius 1 is 0.333 bits per heavy atom. The summed E-state index contributed by atoms with van der Waals surface area (Å²) in [6.45, 7) is 0. The lowest BCUT2D eigenvalue weighted by molar-refractivity contribution is 0.669. The van der Waals surface area contributed by atoms with Gasteiger partial charge in [0.15, 0.2) is 0 Å². The molecule has 1 aliphatic carbocycles.